The quantitative estimate of drug-likeness (QED) is 0.00673. The number of phosphoric acid groups is 1. The van der Waals surface area contributed by atoms with E-state index in [9.17, 15) is 74.9 Å². The van der Waals surface area contributed by atoms with Crippen LogP contribution in [0.3, 0.4) is 0 Å². The van der Waals surface area contributed by atoms with Gasteiger partial charge in [0.2, 0.25) is 0 Å². The number of hydrogen-bond donors (Lipinski definition) is 11. The summed E-state index contributed by atoms with van der Waals surface area (Å²) < 4.78 is 65.0. The Morgan fingerprint density at radius 2 is 0.822 bits per heavy atom. The number of esters is 3. The van der Waals surface area contributed by atoms with Gasteiger partial charge in [-0.05, 0) is 31.6 Å². The molecule has 3 fully saturated rings. The van der Waals surface area contributed by atoms with Gasteiger partial charge in [0.1, 0.15) is 98.7 Å². The fourth-order valence-corrected chi connectivity index (χ4v) is 14.2. The van der Waals surface area contributed by atoms with Crippen molar-refractivity contribution in [3.05, 3.63) is 24.3 Å². The fraction of sp³-hybridized carbons (Fsp3) is 0.908. The zero-order chi connectivity index (χ0) is 74.1. The molecule has 0 bridgehead atoms. The van der Waals surface area contributed by atoms with Crippen LogP contribution in [0.5, 0.6) is 0 Å². The maximum Gasteiger partial charge on any atom is 0.472 e. The van der Waals surface area contributed by atoms with Crippen LogP contribution in [0, 0.1) is 5.92 Å². The predicted octanol–water partition coefficient (Wildman–Crippen LogP) is 11.5. The van der Waals surface area contributed by atoms with Gasteiger partial charge in [-0.1, -0.05) is 283 Å². The van der Waals surface area contributed by atoms with E-state index in [0.717, 1.165) is 96.0 Å². The average molecular weight is 1470 g/mol. The molecule has 2 saturated heterocycles. The van der Waals surface area contributed by atoms with Crippen LogP contribution in [0.4, 0.5) is 0 Å². The van der Waals surface area contributed by atoms with Crippen molar-refractivity contribution in [1.82, 2.24) is 0 Å². The van der Waals surface area contributed by atoms with E-state index in [1.54, 1.807) is 6.08 Å². The van der Waals surface area contributed by atoms with Crippen molar-refractivity contribution < 1.29 is 117 Å². The van der Waals surface area contributed by atoms with Crippen LogP contribution < -0.4 is 0 Å². The third-order valence-corrected chi connectivity index (χ3v) is 20.7. The van der Waals surface area contributed by atoms with Crippen LogP contribution in [0.15, 0.2) is 24.3 Å². The molecule has 25 heteroatoms. The van der Waals surface area contributed by atoms with E-state index in [0.29, 0.717) is 18.8 Å². The van der Waals surface area contributed by atoms with Crippen molar-refractivity contribution >= 4 is 25.7 Å². The summed E-state index contributed by atoms with van der Waals surface area (Å²) in [6.07, 6.45) is 17.3. The number of rotatable bonds is 61. The molecule has 3 aliphatic rings. The third-order valence-electron chi connectivity index (χ3n) is 19.7. The molecule has 592 valence electrons. The van der Waals surface area contributed by atoms with Gasteiger partial charge in [0, 0.05) is 18.9 Å². The molecule has 1 saturated carbocycles. The van der Waals surface area contributed by atoms with E-state index in [1.165, 1.54) is 167 Å². The van der Waals surface area contributed by atoms with E-state index in [-0.39, 0.29) is 12.8 Å². The van der Waals surface area contributed by atoms with Gasteiger partial charge in [0.15, 0.2) is 18.7 Å². The largest absolute Gasteiger partial charge is 0.472 e. The summed E-state index contributed by atoms with van der Waals surface area (Å²) in [4.78, 5) is 51.0. The Balaban J connectivity index is 1.74. The van der Waals surface area contributed by atoms with Gasteiger partial charge in [-0.2, -0.15) is 0 Å². The van der Waals surface area contributed by atoms with Gasteiger partial charge in [-0.25, -0.2) is 9.36 Å². The molecule has 0 aromatic heterocycles. The molecule has 101 heavy (non-hydrogen) atoms. The second kappa shape index (κ2) is 56.7. The number of carbonyl (C=O) groups excluding carboxylic acids is 3. The molecule has 19 unspecified atom stereocenters. The van der Waals surface area contributed by atoms with Crippen molar-refractivity contribution in [3.8, 4) is 0 Å². The van der Waals surface area contributed by atoms with Crippen LogP contribution >= 0.6 is 7.82 Å². The first-order chi connectivity index (χ1) is 48.7. The van der Waals surface area contributed by atoms with Crippen LogP contribution in [-0.2, 0) is 61.2 Å². The third kappa shape index (κ3) is 39.7. The van der Waals surface area contributed by atoms with E-state index in [4.69, 9.17) is 42.2 Å². The number of unbranched alkanes of at least 4 members (excludes halogenated alkanes) is 35. The van der Waals surface area contributed by atoms with Gasteiger partial charge in [0.25, 0.3) is 0 Å². The molecule has 2 aliphatic heterocycles. The molecule has 0 amide bonds. The minimum Gasteiger partial charge on any atom is -0.463 e. The number of ether oxygens (including phenoxy) is 7. The van der Waals surface area contributed by atoms with Crippen molar-refractivity contribution in [2.75, 3.05) is 26.4 Å². The topological polar surface area (TPSA) is 374 Å². The lowest BCUT2D eigenvalue weighted by Gasteiger charge is -2.49. The highest BCUT2D eigenvalue weighted by molar-refractivity contribution is 7.47. The molecule has 1 aliphatic carbocycles. The van der Waals surface area contributed by atoms with Crippen molar-refractivity contribution in [2.24, 2.45) is 5.92 Å². The van der Waals surface area contributed by atoms with Gasteiger partial charge < -0.3 is 89.1 Å². The summed E-state index contributed by atoms with van der Waals surface area (Å²) in [5.41, 5.74) is 0. The van der Waals surface area contributed by atoms with Crippen LogP contribution in [-0.4, -0.2) is 204 Å². The summed E-state index contributed by atoms with van der Waals surface area (Å²) in [7, 11) is -5.72. The lowest BCUT2D eigenvalue weighted by molar-refractivity contribution is -0.360. The average Bonchev–Trinajstić information content (AvgIpc) is 0.761. The summed E-state index contributed by atoms with van der Waals surface area (Å²) >= 11 is 0. The zero-order valence-electron chi connectivity index (χ0n) is 62.1. The molecular weight excluding hydrogens is 1330 g/mol. The first-order valence-electron chi connectivity index (χ1n) is 39.6. The summed E-state index contributed by atoms with van der Waals surface area (Å²) in [5.74, 6) is -1.56. The Kier molecular flexibility index (Phi) is 52.0. The number of aliphatic hydroxyl groups is 10. The molecule has 11 N–H and O–H groups in total. The van der Waals surface area contributed by atoms with Crippen LogP contribution in [0.2, 0.25) is 0 Å². The Morgan fingerprint density at radius 3 is 1.27 bits per heavy atom. The van der Waals surface area contributed by atoms with Gasteiger partial charge >= 0.3 is 25.7 Å². The normalized spacial score (nSPS) is 27.6. The number of hydrogen-bond acceptors (Lipinski definition) is 23. The van der Waals surface area contributed by atoms with E-state index < -0.39 is 156 Å². The van der Waals surface area contributed by atoms with Gasteiger partial charge in [0.05, 0.1) is 13.2 Å². The second-order valence-electron chi connectivity index (χ2n) is 28.8. The number of allylic oxidation sites excluding steroid dienone is 3. The highest BCUT2D eigenvalue weighted by Crippen LogP contribution is 2.49. The highest BCUT2D eigenvalue weighted by Gasteiger charge is 2.58. The van der Waals surface area contributed by atoms with E-state index in [2.05, 4.69) is 27.7 Å². The number of carbonyl (C=O) groups is 3. The molecular formula is C76H139O24P. The predicted molar refractivity (Wildman–Crippen MR) is 384 cm³/mol. The summed E-state index contributed by atoms with van der Waals surface area (Å²) in [6, 6.07) is 0. The van der Waals surface area contributed by atoms with Gasteiger partial charge in [-0.15, -0.1) is 0 Å². The molecule has 3 rings (SSSR count). The molecule has 24 nitrogen and oxygen atoms in total. The van der Waals surface area contributed by atoms with Crippen molar-refractivity contribution in [3.63, 3.8) is 0 Å². The standard InChI is InChI=1S/C76H139O24P/c1-5-8-11-14-17-19-21-23-25-27-29-31-33-39-44-49-60(78)92-53-57(95-62(80)51-46-41-36-35-38-43-48-56(4)47-42-37-16-13-10-7-3)54-94-101(90,91)100-74-72(98-75-70(88)65(83)63(81)58(52-77)96-75)68(86)67(85)69(87)73(74)99-76-71(89)66(84)64(82)59(97-76)55-93-61(79)50-45-40-34-32-30-28-26-24-22-20-18-15-12-9-6-2/h33,39,44,49,56-59,63-77,81-89H,5-32,34-38,40-43,45-48,50-55H2,1-4H3,(H,90,91)/b39-33+,49-44+. The molecule has 19 atom stereocenters. The Labute approximate surface area is 605 Å². The Hall–Kier alpha value is -2.56. The summed E-state index contributed by atoms with van der Waals surface area (Å²) in [6.45, 7) is 5.67. The maximum atomic E-state index is 14.4. The smallest absolute Gasteiger partial charge is 0.463 e. The lowest BCUT2D eigenvalue weighted by atomic mass is 9.84. The number of phosphoric ester groups is 1. The maximum absolute atomic E-state index is 14.4. The van der Waals surface area contributed by atoms with Crippen LogP contribution in [0.25, 0.3) is 0 Å². The molecule has 0 spiro atoms. The first-order valence-corrected chi connectivity index (χ1v) is 41.0. The molecule has 0 aromatic rings. The van der Waals surface area contributed by atoms with Crippen molar-refractivity contribution in [1.29, 1.82) is 0 Å². The second-order valence-corrected chi connectivity index (χ2v) is 30.2. The molecule has 0 radical (unpaired) electrons. The van der Waals surface area contributed by atoms with Crippen LogP contribution in [0.1, 0.15) is 304 Å². The van der Waals surface area contributed by atoms with E-state index >= 15 is 0 Å². The van der Waals surface area contributed by atoms with Crippen molar-refractivity contribution in [2.45, 2.75) is 408 Å². The lowest BCUT2D eigenvalue weighted by Crippen LogP contribution is -2.69. The summed E-state index contributed by atoms with van der Waals surface area (Å²) in [5, 5.41) is 110. The SMILES string of the molecule is CCCCCCCCCCCCC/C=C/C=C/C(=O)OCC(COP(=O)(O)OC1C(OC2OC(CO)C(O)C(O)C2O)C(O)C(O)C(O)C1OC1OC(COC(=O)CCCCCCCCCCCCCCCCC)C(O)C(O)C1O)OC(=O)CCCCCCCCC(C)CCCCCCCC. The van der Waals surface area contributed by atoms with Gasteiger partial charge in [-0.3, -0.25) is 18.6 Å². The fourth-order valence-electron chi connectivity index (χ4n) is 13.2. The minimum absolute atomic E-state index is 0.0288. The minimum atomic E-state index is -5.72. The molecule has 2 heterocycles. The zero-order valence-corrected chi connectivity index (χ0v) is 63.0. The Morgan fingerprint density at radius 1 is 0.436 bits per heavy atom. The Bertz CT molecular complexity index is 2190. The highest BCUT2D eigenvalue weighted by atomic mass is 31.2. The first kappa shape index (κ1) is 92.6. The number of aliphatic hydroxyl groups excluding tert-OH is 10. The van der Waals surface area contributed by atoms with E-state index in [1.807, 2.05) is 6.08 Å². The monoisotopic (exact) mass is 1470 g/mol. The molecule has 0 aromatic carbocycles.